The van der Waals surface area contributed by atoms with Gasteiger partial charge in [-0.2, -0.15) is 0 Å². The van der Waals surface area contributed by atoms with E-state index in [9.17, 15) is 13.6 Å². The van der Waals surface area contributed by atoms with Crippen LogP contribution in [-0.4, -0.2) is 23.2 Å². The molecule has 124 valence electrons. The lowest BCUT2D eigenvalue weighted by Gasteiger charge is -2.15. The molecule has 3 nitrogen and oxygen atoms in total. The second-order valence-corrected chi connectivity index (χ2v) is 7.40. The highest BCUT2D eigenvalue weighted by Gasteiger charge is 2.15. The van der Waals surface area contributed by atoms with Crippen molar-refractivity contribution >= 4 is 50.3 Å². The van der Waals surface area contributed by atoms with Gasteiger partial charge in [0.15, 0.2) is 0 Å². The zero-order valence-corrected chi connectivity index (χ0v) is 16.6. The molecule has 0 fully saturated rings. The third-order valence-electron chi connectivity index (χ3n) is 3.01. The number of hydrogen-bond donors (Lipinski definition) is 0. The fourth-order valence-electron chi connectivity index (χ4n) is 2.03. The molecule has 0 amide bonds. The molecule has 0 bridgehead atoms. The van der Waals surface area contributed by atoms with Crippen LogP contribution in [0.4, 0.5) is 8.78 Å². The number of hydrogen-bond acceptors (Lipinski definition) is 3. The molecule has 0 aliphatic rings. The van der Waals surface area contributed by atoms with Crippen molar-refractivity contribution in [2.24, 2.45) is 0 Å². The molecule has 1 aromatic carbocycles. The normalized spacial score (nSPS) is 11.0. The first-order valence-corrected chi connectivity index (χ1v) is 9.79. The highest BCUT2D eigenvalue weighted by Crippen LogP contribution is 2.31. The summed E-state index contributed by atoms with van der Waals surface area (Å²) < 4.78 is 33.4. The minimum Gasteiger partial charge on any atom is -0.483 e. The Hall–Kier alpha value is -0.610. The number of pyridine rings is 1. The van der Waals surface area contributed by atoms with Gasteiger partial charge in [-0.05, 0) is 75.1 Å². The number of aromatic nitrogens is 1. The summed E-state index contributed by atoms with van der Waals surface area (Å²) in [6, 6.07) is 8.58. The SMILES string of the molecule is CSCOc1ccc(-c2ccc(I)c(=O)n2CC(F)F)c(Br)c1. The van der Waals surface area contributed by atoms with E-state index >= 15 is 0 Å². The summed E-state index contributed by atoms with van der Waals surface area (Å²) in [5.74, 6) is 1.19. The van der Waals surface area contributed by atoms with Crippen LogP contribution < -0.4 is 10.3 Å². The number of benzene rings is 1. The molecule has 0 atom stereocenters. The lowest BCUT2D eigenvalue weighted by molar-refractivity contribution is 0.125. The van der Waals surface area contributed by atoms with Crippen LogP contribution in [0.3, 0.4) is 0 Å². The number of nitrogens with zero attached hydrogens (tertiary/aromatic N) is 1. The summed E-state index contributed by atoms with van der Waals surface area (Å²) in [4.78, 5) is 12.2. The average molecular weight is 516 g/mol. The van der Waals surface area contributed by atoms with Gasteiger partial charge in [-0.1, -0.05) is 0 Å². The Morgan fingerprint density at radius 3 is 2.70 bits per heavy atom. The molecule has 8 heteroatoms. The minimum absolute atomic E-state index is 0.406. The van der Waals surface area contributed by atoms with E-state index in [2.05, 4.69) is 15.9 Å². The van der Waals surface area contributed by atoms with E-state index in [0.717, 1.165) is 4.57 Å². The van der Waals surface area contributed by atoms with Crippen molar-refractivity contribution in [3.05, 3.63) is 48.7 Å². The summed E-state index contributed by atoms with van der Waals surface area (Å²) in [6.07, 6.45) is -0.675. The third kappa shape index (κ3) is 4.69. The van der Waals surface area contributed by atoms with E-state index in [1.54, 1.807) is 42.1 Å². The van der Waals surface area contributed by atoms with Gasteiger partial charge in [-0.3, -0.25) is 4.79 Å². The van der Waals surface area contributed by atoms with Crippen molar-refractivity contribution in [3.63, 3.8) is 0 Å². The van der Waals surface area contributed by atoms with Crippen molar-refractivity contribution < 1.29 is 13.5 Å². The van der Waals surface area contributed by atoms with E-state index in [4.69, 9.17) is 4.74 Å². The Morgan fingerprint density at radius 2 is 2.09 bits per heavy atom. The fourth-order valence-corrected chi connectivity index (χ4v) is 3.31. The number of rotatable bonds is 6. The van der Waals surface area contributed by atoms with E-state index < -0.39 is 18.5 Å². The second-order valence-electron chi connectivity index (χ2n) is 4.57. The molecule has 0 saturated carbocycles. The lowest BCUT2D eigenvalue weighted by Crippen LogP contribution is -2.26. The van der Waals surface area contributed by atoms with Crippen LogP contribution in [0.2, 0.25) is 0 Å². The Balaban J connectivity index is 2.49. The molecule has 2 aromatic rings. The molecular formula is C15H13BrF2INO2S. The van der Waals surface area contributed by atoms with E-state index in [0.29, 0.717) is 31.0 Å². The molecule has 23 heavy (non-hydrogen) atoms. The van der Waals surface area contributed by atoms with Crippen molar-refractivity contribution in [2.75, 3.05) is 12.2 Å². The molecule has 0 spiro atoms. The maximum Gasteiger partial charge on any atom is 0.264 e. The van der Waals surface area contributed by atoms with Crippen molar-refractivity contribution in [1.29, 1.82) is 0 Å². The Kier molecular flexibility index (Phi) is 6.90. The maximum atomic E-state index is 12.8. The van der Waals surface area contributed by atoms with E-state index in [-0.39, 0.29) is 0 Å². The molecule has 2 rings (SSSR count). The predicted molar refractivity (Wildman–Crippen MR) is 102 cm³/mol. The first-order chi connectivity index (χ1) is 10.9. The smallest absolute Gasteiger partial charge is 0.264 e. The Labute approximate surface area is 158 Å². The zero-order chi connectivity index (χ0) is 17.0. The van der Waals surface area contributed by atoms with E-state index in [1.807, 2.05) is 28.8 Å². The van der Waals surface area contributed by atoms with Gasteiger partial charge in [0.05, 0.1) is 15.8 Å². The number of thioether (sulfide) groups is 1. The Morgan fingerprint density at radius 1 is 1.35 bits per heavy atom. The zero-order valence-electron chi connectivity index (χ0n) is 12.1. The van der Waals surface area contributed by atoms with Crippen LogP contribution in [-0.2, 0) is 6.54 Å². The first-order valence-electron chi connectivity index (χ1n) is 6.53. The fraction of sp³-hybridized carbons (Fsp3) is 0.267. The van der Waals surface area contributed by atoms with Gasteiger partial charge in [0.1, 0.15) is 11.7 Å². The summed E-state index contributed by atoms with van der Waals surface area (Å²) in [5.41, 5.74) is 0.688. The monoisotopic (exact) mass is 515 g/mol. The highest BCUT2D eigenvalue weighted by molar-refractivity contribution is 14.1. The summed E-state index contributed by atoms with van der Waals surface area (Å²) in [5, 5.41) is 0. The second kappa shape index (κ2) is 8.48. The van der Waals surface area contributed by atoms with Crippen LogP contribution in [0, 0.1) is 3.57 Å². The molecule has 0 aliphatic heterocycles. The summed E-state index contributed by atoms with van der Waals surface area (Å²) >= 11 is 6.83. The van der Waals surface area contributed by atoms with E-state index in [1.165, 1.54) is 0 Å². The van der Waals surface area contributed by atoms with Gasteiger partial charge >= 0.3 is 0 Å². The number of ether oxygens (including phenoxy) is 1. The Bertz CT molecular complexity index is 755. The third-order valence-corrected chi connectivity index (χ3v) is 4.84. The van der Waals surface area contributed by atoms with Crippen LogP contribution in [0.25, 0.3) is 11.3 Å². The summed E-state index contributed by atoms with van der Waals surface area (Å²) in [7, 11) is 0. The predicted octanol–water partition coefficient (Wildman–Crippen LogP) is 4.85. The van der Waals surface area contributed by atoms with Crippen molar-refractivity contribution in [3.8, 4) is 17.0 Å². The highest BCUT2D eigenvalue weighted by atomic mass is 127. The maximum absolute atomic E-state index is 12.8. The minimum atomic E-state index is -2.60. The topological polar surface area (TPSA) is 31.2 Å². The summed E-state index contributed by atoms with van der Waals surface area (Å²) in [6.45, 7) is -0.637. The van der Waals surface area contributed by atoms with Crippen LogP contribution in [0.15, 0.2) is 39.6 Å². The van der Waals surface area contributed by atoms with Gasteiger partial charge < -0.3 is 9.30 Å². The largest absolute Gasteiger partial charge is 0.483 e. The average Bonchev–Trinajstić information content (AvgIpc) is 2.50. The van der Waals surface area contributed by atoms with Gasteiger partial charge in [0.25, 0.3) is 12.0 Å². The van der Waals surface area contributed by atoms with Crippen LogP contribution in [0.1, 0.15) is 0 Å². The van der Waals surface area contributed by atoms with Gasteiger partial charge in [0, 0.05) is 10.0 Å². The van der Waals surface area contributed by atoms with Gasteiger partial charge in [0.2, 0.25) is 0 Å². The van der Waals surface area contributed by atoms with Crippen molar-refractivity contribution in [1.82, 2.24) is 4.57 Å². The van der Waals surface area contributed by atoms with Crippen LogP contribution >= 0.6 is 50.3 Å². The molecule has 0 radical (unpaired) electrons. The van der Waals surface area contributed by atoms with Crippen molar-refractivity contribution in [2.45, 2.75) is 13.0 Å². The van der Waals surface area contributed by atoms with Crippen LogP contribution in [0.5, 0.6) is 5.75 Å². The first kappa shape index (κ1) is 18.7. The standard InChI is InChI=1S/C15H13BrF2INO2S/c1-23-8-22-9-2-3-10(11(16)6-9)13-5-4-12(19)15(21)20(13)7-14(17)18/h2-6,14H,7-8H2,1H3. The quantitative estimate of drug-likeness (QED) is 0.407. The van der Waals surface area contributed by atoms with Gasteiger partial charge in [-0.25, -0.2) is 8.78 Å². The molecule has 0 saturated heterocycles. The number of halogens is 4. The lowest BCUT2D eigenvalue weighted by atomic mass is 10.1. The number of alkyl halides is 2. The molecule has 0 N–H and O–H groups in total. The van der Waals surface area contributed by atoms with Gasteiger partial charge in [-0.15, -0.1) is 11.8 Å². The molecule has 0 aliphatic carbocycles. The molecule has 1 heterocycles. The molecule has 1 aromatic heterocycles. The molecule has 0 unspecified atom stereocenters. The molecular weight excluding hydrogens is 503 g/mol.